The van der Waals surface area contributed by atoms with Crippen LogP contribution in [0.15, 0.2) is 43.1 Å². The summed E-state index contributed by atoms with van der Waals surface area (Å²) in [6.45, 7) is 4.79. The predicted octanol–water partition coefficient (Wildman–Crippen LogP) is 2.89. The summed E-state index contributed by atoms with van der Waals surface area (Å²) in [6, 6.07) is 6.03. The molecule has 0 unspecified atom stereocenters. The molecule has 4 heterocycles. The first kappa shape index (κ1) is 17.0. The fourth-order valence-electron chi connectivity index (χ4n) is 2.77. The Labute approximate surface area is 156 Å². The Kier molecular flexibility index (Phi) is 4.41. The van der Waals surface area contributed by atoms with E-state index < -0.39 is 0 Å². The van der Waals surface area contributed by atoms with Gasteiger partial charge in [0, 0.05) is 38.1 Å². The molecule has 0 saturated carbocycles. The molecule has 0 aliphatic carbocycles. The number of pyridine rings is 1. The number of anilines is 3. The smallest absolute Gasteiger partial charge is 0.232 e. The highest BCUT2D eigenvalue weighted by molar-refractivity contribution is 5.84. The van der Waals surface area contributed by atoms with Crippen LogP contribution in [0.1, 0.15) is 25.5 Å². The summed E-state index contributed by atoms with van der Waals surface area (Å²) in [7, 11) is 1.86. The van der Waals surface area contributed by atoms with E-state index in [1.54, 1.807) is 23.4 Å². The molecule has 2 N–H and O–H groups in total. The summed E-state index contributed by atoms with van der Waals surface area (Å²) in [5, 5.41) is 10.8. The highest BCUT2D eigenvalue weighted by Gasteiger charge is 2.15. The number of imidazole rings is 1. The summed E-state index contributed by atoms with van der Waals surface area (Å²) < 4.78 is 3.76. The van der Waals surface area contributed by atoms with Gasteiger partial charge in [0.2, 0.25) is 5.95 Å². The zero-order valence-electron chi connectivity index (χ0n) is 15.5. The minimum atomic E-state index is 0.237. The third-order valence-electron chi connectivity index (χ3n) is 4.22. The van der Waals surface area contributed by atoms with Gasteiger partial charge in [0.25, 0.3) is 0 Å². The van der Waals surface area contributed by atoms with Gasteiger partial charge in [0.15, 0.2) is 17.0 Å². The number of hydrogen-bond acceptors (Lipinski definition) is 7. The standard InChI is InChI=1S/C18H21N9/c1-12(2)27-11-21-15-16(20-10-13-5-4-7-19-9-13)24-18(25-17(15)27)23-14-6-8-22-26(14)3/h4-9,11-12H,10H2,1-3H3,(H2,20,23,24,25). The molecule has 9 nitrogen and oxygen atoms in total. The molecule has 0 radical (unpaired) electrons. The van der Waals surface area contributed by atoms with E-state index >= 15 is 0 Å². The molecule has 0 fully saturated rings. The van der Waals surface area contributed by atoms with Crippen LogP contribution in [0, 0.1) is 0 Å². The molecule has 4 aromatic rings. The highest BCUT2D eigenvalue weighted by Crippen LogP contribution is 2.25. The molecule has 0 atom stereocenters. The van der Waals surface area contributed by atoms with Crippen LogP contribution < -0.4 is 10.6 Å². The van der Waals surface area contributed by atoms with E-state index in [1.165, 1.54) is 0 Å². The van der Waals surface area contributed by atoms with Crippen LogP contribution in [0.25, 0.3) is 11.2 Å². The van der Waals surface area contributed by atoms with Crippen molar-refractivity contribution in [2.45, 2.75) is 26.4 Å². The lowest BCUT2D eigenvalue weighted by molar-refractivity contribution is 0.613. The normalized spacial score (nSPS) is 11.3. The van der Waals surface area contributed by atoms with Gasteiger partial charge in [-0.2, -0.15) is 15.1 Å². The Bertz CT molecular complexity index is 1050. The second kappa shape index (κ2) is 7.02. The molecule has 0 aromatic carbocycles. The maximum absolute atomic E-state index is 4.67. The van der Waals surface area contributed by atoms with Crippen molar-refractivity contribution in [3.63, 3.8) is 0 Å². The minimum Gasteiger partial charge on any atom is -0.364 e. The summed E-state index contributed by atoms with van der Waals surface area (Å²) in [6.07, 6.45) is 7.10. The second-order valence-electron chi connectivity index (χ2n) is 6.49. The largest absolute Gasteiger partial charge is 0.364 e. The molecule has 0 aliphatic rings. The number of rotatable bonds is 6. The number of aromatic nitrogens is 7. The number of aryl methyl sites for hydroxylation is 1. The van der Waals surface area contributed by atoms with Gasteiger partial charge in [0.1, 0.15) is 5.82 Å². The van der Waals surface area contributed by atoms with Gasteiger partial charge in [0.05, 0.1) is 12.5 Å². The van der Waals surface area contributed by atoms with E-state index in [-0.39, 0.29) is 6.04 Å². The summed E-state index contributed by atoms with van der Waals surface area (Å²) in [5.74, 6) is 1.97. The van der Waals surface area contributed by atoms with Crippen LogP contribution in [0.2, 0.25) is 0 Å². The summed E-state index contributed by atoms with van der Waals surface area (Å²) >= 11 is 0. The Hall–Kier alpha value is -3.49. The first-order valence-corrected chi connectivity index (χ1v) is 8.74. The maximum atomic E-state index is 4.67. The fourth-order valence-corrected chi connectivity index (χ4v) is 2.77. The van der Waals surface area contributed by atoms with Gasteiger partial charge in [-0.05, 0) is 25.5 Å². The SMILES string of the molecule is CC(C)n1cnc2c(NCc3cccnc3)nc(Nc3ccnn3C)nc21. The first-order valence-electron chi connectivity index (χ1n) is 8.74. The Morgan fingerprint density at radius 3 is 2.74 bits per heavy atom. The zero-order chi connectivity index (χ0) is 18.8. The molecule has 9 heteroatoms. The molecule has 0 bridgehead atoms. The van der Waals surface area contributed by atoms with Crippen molar-refractivity contribution in [1.29, 1.82) is 0 Å². The maximum Gasteiger partial charge on any atom is 0.232 e. The van der Waals surface area contributed by atoms with Crippen LogP contribution in [0.3, 0.4) is 0 Å². The molecule has 0 spiro atoms. The molecule has 138 valence electrons. The topological polar surface area (TPSA) is 98.4 Å². The van der Waals surface area contributed by atoms with Gasteiger partial charge in [-0.15, -0.1) is 0 Å². The number of nitrogens with one attached hydrogen (secondary N) is 2. The zero-order valence-corrected chi connectivity index (χ0v) is 15.5. The van der Waals surface area contributed by atoms with Crippen LogP contribution in [0.4, 0.5) is 17.6 Å². The molecule has 0 saturated heterocycles. The van der Waals surface area contributed by atoms with Gasteiger partial charge in [-0.25, -0.2) is 4.98 Å². The minimum absolute atomic E-state index is 0.237. The van der Waals surface area contributed by atoms with E-state index in [4.69, 9.17) is 0 Å². The predicted molar refractivity (Wildman–Crippen MR) is 104 cm³/mol. The fraction of sp³-hybridized carbons (Fsp3) is 0.278. The van der Waals surface area contributed by atoms with Crippen molar-refractivity contribution in [1.82, 2.24) is 34.3 Å². The summed E-state index contributed by atoms with van der Waals surface area (Å²) in [4.78, 5) is 18.0. The van der Waals surface area contributed by atoms with E-state index in [9.17, 15) is 0 Å². The third kappa shape index (κ3) is 3.43. The average Bonchev–Trinajstić information content (AvgIpc) is 3.27. The first-order chi connectivity index (χ1) is 13.1. The van der Waals surface area contributed by atoms with Crippen molar-refractivity contribution in [3.05, 3.63) is 48.7 Å². The van der Waals surface area contributed by atoms with E-state index in [1.807, 2.05) is 36.0 Å². The van der Waals surface area contributed by atoms with Crippen molar-refractivity contribution in [2.24, 2.45) is 7.05 Å². The Balaban J connectivity index is 1.72. The molecule has 27 heavy (non-hydrogen) atoms. The van der Waals surface area contributed by atoms with Gasteiger partial charge in [-0.3, -0.25) is 9.67 Å². The van der Waals surface area contributed by atoms with Gasteiger partial charge in [-0.1, -0.05) is 6.07 Å². The third-order valence-corrected chi connectivity index (χ3v) is 4.22. The van der Waals surface area contributed by atoms with Crippen molar-refractivity contribution < 1.29 is 0 Å². The van der Waals surface area contributed by atoms with Gasteiger partial charge >= 0.3 is 0 Å². The molecule has 0 amide bonds. The van der Waals surface area contributed by atoms with E-state index in [0.29, 0.717) is 18.3 Å². The van der Waals surface area contributed by atoms with Crippen LogP contribution in [0.5, 0.6) is 0 Å². The van der Waals surface area contributed by atoms with Crippen LogP contribution >= 0.6 is 0 Å². The summed E-state index contributed by atoms with van der Waals surface area (Å²) in [5.41, 5.74) is 2.58. The van der Waals surface area contributed by atoms with Gasteiger partial charge < -0.3 is 15.2 Å². The van der Waals surface area contributed by atoms with Crippen LogP contribution in [-0.4, -0.2) is 34.3 Å². The Morgan fingerprint density at radius 2 is 2.04 bits per heavy atom. The van der Waals surface area contributed by atoms with E-state index in [2.05, 4.69) is 49.5 Å². The molecular weight excluding hydrogens is 342 g/mol. The van der Waals surface area contributed by atoms with Crippen molar-refractivity contribution >= 4 is 28.7 Å². The number of hydrogen-bond donors (Lipinski definition) is 2. The average molecular weight is 363 g/mol. The van der Waals surface area contributed by atoms with Crippen molar-refractivity contribution in [3.8, 4) is 0 Å². The number of nitrogens with zero attached hydrogens (tertiary/aromatic N) is 7. The lowest BCUT2D eigenvalue weighted by Crippen LogP contribution is -2.09. The number of fused-ring (bicyclic) bond motifs is 1. The molecule has 4 rings (SSSR count). The lowest BCUT2D eigenvalue weighted by Gasteiger charge is -2.12. The quantitative estimate of drug-likeness (QED) is 0.543. The molecule has 0 aliphatic heterocycles. The molecule has 4 aromatic heterocycles. The Morgan fingerprint density at radius 1 is 1.15 bits per heavy atom. The lowest BCUT2D eigenvalue weighted by atomic mass is 10.3. The highest BCUT2D eigenvalue weighted by atomic mass is 15.3. The van der Waals surface area contributed by atoms with Crippen molar-refractivity contribution in [2.75, 3.05) is 10.6 Å². The van der Waals surface area contributed by atoms with Crippen LogP contribution in [-0.2, 0) is 13.6 Å². The molecular formula is C18H21N9. The monoisotopic (exact) mass is 363 g/mol. The van der Waals surface area contributed by atoms with E-state index in [0.717, 1.165) is 22.5 Å². The second-order valence-corrected chi connectivity index (χ2v) is 6.49.